The van der Waals surface area contributed by atoms with Crippen LogP contribution < -0.4 is 5.32 Å². The van der Waals surface area contributed by atoms with E-state index in [1.165, 1.54) is 24.4 Å². The lowest BCUT2D eigenvalue weighted by Gasteiger charge is -2.04. The van der Waals surface area contributed by atoms with Crippen LogP contribution in [-0.2, 0) is 11.2 Å². The lowest BCUT2D eigenvalue weighted by Crippen LogP contribution is -2.15. The fourth-order valence-electron chi connectivity index (χ4n) is 1.42. The SMILES string of the molecule is O=C(Cc1cccc(F)c1)Nc1ccnc(Cl)n1. The van der Waals surface area contributed by atoms with Crippen LogP contribution in [0.15, 0.2) is 36.5 Å². The Kier molecular flexibility index (Phi) is 3.84. The van der Waals surface area contributed by atoms with Gasteiger partial charge in [-0.05, 0) is 35.4 Å². The van der Waals surface area contributed by atoms with Crippen LogP contribution in [0.1, 0.15) is 5.56 Å². The lowest BCUT2D eigenvalue weighted by molar-refractivity contribution is -0.115. The molecule has 0 saturated heterocycles. The third kappa shape index (κ3) is 3.49. The molecule has 4 nitrogen and oxygen atoms in total. The Hall–Kier alpha value is -2.01. The molecule has 0 saturated carbocycles. The molecule has 0 aliphatic heterocycles. The van der Waals surface area contributed by atoms with Gasteiger partial charge in [0, 0.05) is 6.20 Å². The molecule has 1 amide bonds. The van der Waals surface area contributed by atoms with Crippen LogP contribution in [0.5, 0.6) is 0 Å². The molecule has 0 aliphatic carbocycles. The smallest absolute Gasteiger partial charge is 0.229 e. The van der Waals surface area contributed by atoms with Crippen LogP contribution in [0.25, 0.3) is 0 Å². The van der Waals surface area contributed by atoms with Gasteiger partial charge in [-0.2, -0.15) is 0 Å². The molecule has 1 heterocycles. The van der Waals surface area contributed by atoms with Crippen molar-refractivity contribution in [1.82, 2.24) is 9.97 Å². The number of rotatable bonds is 3. The maximum absolute atomic E-state index is 12.9. The lowest BCUT2D eigenvalue weighted by atomic mass is 10.1. The molecule has 2 rings (SSSR count). The summed E-state index contributed by atoms with van der Waals surface area (Å²) in [5, 5.41) is 2.61. The van der Waals surface area contributed by atoms with E-state index in [0.29, 0.717) is 11.4 Å². The van der Waals surface area contributed by atoms with Crippen molar-refractivity contribution in [2.45, 2.75) is 6.42 Å². The van der Waals surface area contributed by atoms with Crippen molar-refractivity contribution in [3.05, 3.63) is 53.2 Å². The average molecular weight is 266 g/mol. The first-order chi connectivity index (χ1) is 8.63. The van der Waals surface area contributed by atoms with E-state index in [-0.39, 0.29) is 23.4 Å². The molecule has 1 N–H and O–H groups in total. The average Bonchev–Trinajstić information content (AvgIpc) is 2.28. The highest BCUT2D eigenvalue weighted by atomic mass is 35.5. The maximum atomic E-state index is 12.9. The highest BCUT2D eigenvalue weighted by Crippen LogP contribution is 2.08. The van der Waals surface area contributed by atoms with Crippen LogP contribution in [0, 0.1) is 5.82 Å². The first-order valence-corrected chi connectivity index (χ1v) is 5.54. The molecular weight excluding hydrogens is 257 g/mol. The van der Waals surface area contributed by atoms with Gasteiger partial charge in [-0.15, -0.1) is 0 Å². The molecule has 92 valence electrons. The van der Waals surface area contributed by atoms with E-state index in [9.17, 15) is 9.18 Å². The number of carbonyl (C=O) groups excluding carboxylic acids is 1. The van der Waals surface area contributed by atoms with Gasteiger partial charge in [-0.25, -0.2) is 14.4 Å². The standard InChI is InChI=1S/C12H9ClFN3O/c13-12-15-5-4-10(17-12)16-11(18)7-8-2-1-3-9(14)6-8/h1-6H,7H2,(H,15,16,17,18). The van der Waals surface area contributed by atoms with Gasteiger partial charge < -0.3 is 5.32 Å². The maximum Gasteiger partial charge on any atom is 0.229 e. The van der Waals surface area contributed by atoms with Gasteiger partial charge in [-0.1, -0.05) is 12.1 Å². The Balaban J connectivity index is 2.01. The molecule has 1 aromatic heterocycles. The minimum Gasteiger partial charge on any atom is -0.310 e. The fraction of sp³-hybridized carbons (Fsp3) is 0.0833. The van der Waals surface area contributed by atoms with Crippen molar-refractivity contribution in [1.29, 1.82) is 0 Å². The van der Waals surface area contributed by atoms with Gasteiger partial charge in [0.25, 0.3) is 0 Å². The summed E-state index contributed by atoms with van der Waals surface area (Å²) in [5.41, 5.74) is 0.590. The molecule has 0 unspecified atom stereocenters. The van der Waals surface area contributed by atoms with Gasteiger partial charge in [0.15, 0.2) is 0 Å². The van der Waals surface area contributed by atoms with Crippen LogP contribution >= 0.6 is 11.6 Å². The molecule has 0 aliphatic rings. The molecule has 0 radical (unpaired) electrons. The summed E-state index contributed by atoms with van der Waals surface area (Å²) in [6.45, 7) is 0. The molecular formula is C12H9ClFN3O. The van der Waals surface area contributed by atoms with Crippen molar-refractivity contribution in [3.63, 3.8) is 0 Å². The topological polar surface area (TPSA) is 54.9 Å². The van der Waals surface area contributed by atoms with Crippen molar-refractivity contribution < 1.29 is 9.18 Å². The molecule has 0 spiro atoms. The van der Waals surface area contributed by atoms with Crippen LogP contribution in [0.3, 0.4) is 0 Å². The summed E-state index contributed by atoms with van der Waals surface area (Å²) in [6, 6.07) is 7.39. The van der Waals surface area contributed by atoms with E-state index in [2.05, 4.69) is 15.3 Å². The normalized spacial score (nSPS) is 10.1. The summed E-state index contributed by atoms with van der Waals surface area (Å²) in [4.78, 5) is 19.2. The van der Waals surface area contributed by atoms with Crippen molar-refractivity contribution in [2.75, 3.05) is 5.32 Å². The molecule has 6 heteroatoms. The number of nitrogens with one attached hydrogen (secondary N) is 1. The van der Waals surface area contributed by atoms with E-state index in [4.69, 9.17) is 11.6 Å². The second-order valence-electron chi connectivity index (χ2n) is 3.57. The van der Waals surface area contributed by atoms with Crippen molar-refractivity contribution in [2.24, 2.45) is 0 Å². The number of amides is 1. The second kappa shape index (κ2) is 5.55. The number of anilines is 1. The Morgan fingerprint density at radius 3 is 2.94 bits per heavy atom. The minimum absolute atomic E-state index is 0.0542. The van der Waals surface area contributed by atoms with E-state index < -0.39 is 0 Å². The zero-order valence-electron chi connectivity index (χ0n) is 9.23. The Bertz CT molecular complexity index is 527. The van der Waals surface area contributed by atoms with E-state index in [1.807, 2.05) is 0 Å². The van der Waals surface area contributed by atoms with Crippen LogP contribution in [-0.4, -0.2) is 15.9 Å². The number of halogens is 2. The second-order valence-corrected chi connectivity index (χ2v) is 3.90. The summed E-state index contributed by atoms with van der Waals surface area (Å²) >= 11 is 5.59. The molecule has 0 atom stereocenters. The van der Waals surface area contributed by atoms with Gasteiger partial charge in [0.2, 0.25) is 11.2 Å². The zero-order chi connectivity index (χ0) is 13.0. The monoisotopic (exact) mass is 265 g/mol. The third-order valence-electron chi connectivity index (χ3n) is 2.15. The molecule has 2 aromatic rings. The molecule has 18 heavy (non-hydrogen) atoms. The third-order valence-corrected chi connectivity index (χ3v) is 2.33. The highest BCUT2D eigenvalue weighted by Gasteiger charge is 2.06. The number of aromatic nitrogens is 2. The quantitative estimate of drug-likeness (QED) is 0.868. The van der Waals surface area contributed by atoms with Gasteiger partial charge in [-0.3, -0.25) is 4.79 Å². The number of nitrogens with zero attached hydrogens (tertiary/aromatic N) is 2. The number of carbonyl (C=O) groups is 1. The molecule has 0 fully saturated rings. The number of hydrogen-bond acceptors (Lipinski definition) is 3. The molecule has 0 bridgehead atoms. The summed E-state index contributed by atoms with van der Waals surface area (Å²) in [7, 11) is 0. The largest absolute Gasteiger partial charge is 0.310 e. The van der Waals surface area contributed by atoms with Crippen LogP contribution in [0.2, 0.25) is 5.28 Å². The number of benzene rings is 1. The summed E-state index contributed by atoms with van der Waals surface area (Å²) in [6.07, 6.45) is 1.51. The van der Waals surface area contributed by atoms with E-state index >= 15 is 0 Å². The minimum atomic E-state index is -0.370. The predicted molar refractivity (Wildman–Crippen MR) is 65.8 cm³/mol. The first kappa shape index (κ1) is 12.4. The summed E-state index contributed by atoms with van der Waals surface area (Å²) in [5.74, 6) is -0.350. The first-order valence-electron chi connectivity index (χ1n) is 5.16. The number of hydrogen-bond donors (Lipinski definition) is 1. The summed E-state index contributed by atoms with van der Waals surface area (Å²) < 4.78 is 12.9. The van der Waals surface area contributed by atoms with E-state index in [0.717, 1.165) is 0 Å². The molecule has 1 aromatic carbocycles. The zero-order valence-corrected chi connectivity index (χ0v) is 9.99. The van der Waals surface area contributed by atoms with Crippen molar-refractivity contribution >= 4 is 23.3 Å². The van der Waals surface area contributed by atoms with Crippen LogP contribution in [0.4, 0.5) is 10.2 Å². The Morgan fingerprint density at radius 2 is 2.22 bits per heavy atom. The van der Waals surface area contributed by atoms with E-state index in [1.54, 1.807) is 12.1 Å². The van der Waals surface area contributed by atoms with Gasteiger partial charge in [0.1, 0.15) is 11.6 Å². The van der Waals surface area contributed by atoms with Crippen molar-refractivity contribution in [3.8, 4) is 0 Å². The highest BCUT2D eigenvalue weighted by molar-refractivity contribution is 6.28. The van der Waals surface area contributed by atoms with Gasteiger partial charge >= 0.3 is 0 Å². The Labute approximate surface area is 108 Å². The predicted octanol–water partition coefficient (Wildman–Crippen LogP) is 2.45. The van der Waals surface area contributed by atoms with Gasteiger partial charge in [0.05, 0.1) is 6.42 Å². The fourth-order valence-corrected chi connectivity index (χ4v) is 1.57. The Morgan fingerprint density at radius 1 is 1.39 bits per heavy atom.